The summed E-state index contributed by atoms with van der Waals surface area (Å²) in [5, 5.41) is 8.23. The Bertz CT molecular complexity index is 718. The van der Waals surface area contributed by atoms with Crippen molar-refractivity contribution in [3.05, 3.63) is 42.1 Å². The van der Waals surface area contributed by atoms with Gasteiger partial charge in [-0.25, -0.2) is 0 Å². The SMILES string of the molecule is CN=C(NCc1ccnc2ccccc12)NC1CCN(C(C)C)CC1.I. The first-order valence-corrected chi connectivity index (χ1v) is 9.21. The number of para-hydroxylation sites is 1. The van der Waals surface area contributed by atoms with Crippen LogP contribution in [0.2, 0.25) is 0 Å². The molecule has 2 aromatic rings. The predicted octanol–water partition coefficient (Wildman–Crippen LogP) is 3.39. The lowest BCUT2D eigenvalue weighted by Crippen LogP contribution is -2.49. The first-order chi connectivity index (χ1) is 12.2. The third-order valence-corrected chi connectivity index (χ3v) is 5.01. The van der Waals surface area contributed by atoms with Crippen LogP contribution < -0.4 is 10.6 Å². The topological polar surface area (TPSA) is 52.6 Å². The van der Waals surface area contributed by atoms with Crippen LogP contribution in [0.25, 0.3) is 10.9 Å². The van der Waals surface area contributed by atoms with Crippen molar-refractivity contribution in [3.8, 4) is 0 Å². The highest BCUT2D eigenvalue weighted by molar-refractivity contribution is 14.0. The molecule has 2 heterocycles. The lowest BCUT2D eigenvalue weighted by Gasteiger charge is -2.35. The first-order valence-electron chi connectivity index (χ1n) is 9.21. The number of hydrogen-bond acceptors (Lipinski definition) is 3. The summed E-state index contributed by atoms with van der Waals surface area (Å²) in [4.78, 5) is 11.4. The molecule has 2 N–H and O–H groups in total. The largest absolute Gasteiger partial charge is 0.354 e. The van der Waals surface area contributed by atoms with Crippen molar-refractivity contribution in [2.45, 2.75) is 45.3 Å². The van der Waals surface area contributed by atoms with Crippen molar-refractivity contribution in [1.29, 1.82) is 0 Å². The number of benzene rings is 1. The third-order valence-electron chi connectivity index (χ3n) is 5.01. The summed E-state index contributed by atoms with van der Waals surface area (Å²) in [5.41, 5.74) is 2.27. The minimum Gasteiger partial charge on any atom is -0.354 e. The molecule has 0 bridgehead atoms. The van der Waals surface area contributed by atoms with Gasteiger partial charge >= 0.3 is 0 Å². The average Bonchev–Trinajstić information content (AvgIpc) is 2.65. The van der Waals surface area contributed by atoms with E-state index < -0.39 is 0 Å². The van der Waals surface area contributed by atoms with Gasteiger partial charge in [0.1, 0.15) is 0 Å². The zero-order chi connectivity index (χ0) is 17.6. The quantitative estimate of drug-likeness (QED) is 0.411. The summed E-state index contributed by atoms with van der Waals surface area (Å²) in [7, 11) is 1.84. The molecule has 1 fully saturated rings. The van der Waals surface area contributed by atoms with Crippen molar-refractivity contribution in [2.75, 3.05) is 20.1 Å². The molecular weight excluding hydrogens is 437 g/mol. The van der Waals surface area contributed by atoms with E-state index in [1.807, 2.05) is 19.3 Å². The Morgan fingerprint density at radius 2 is 1.96 bits per heavy atom. The second kappa shape index (κ2) is 10.1. The van der Waals surface area contributed by atoms with E-state index in [1.165, 1.54) is 10.9 Å². The smallest absolute Gasteiger partial charge is 0.191 e. The first kappa shape index (κ1) is 20.9. The Morgan fingerprint density at radius 3 is 2.65 bits per heavy atom. The van der Waals surface area contributed by atoms with E-state index in [1.54, 1.807) is 0 Å². The van der Waals surface area contributed by atoms with Gasteiger partial charge in [0.15, 0.2) is 5.96 Å². The highest BCUT2D eigenvalue weighted by atomic mass is 127. The summed E-state index contributed by atoms with van der Waals surface area (Å²) >= 11 is 0. The molecule has 0 amide bonds. The van der Waals surface area contributed by atoms with Gasteiger partial charge in [0.2, 0.25) is 0 Å². The van der Waals surface area contributed by atoms with E-state index in [-0.39, 0.29) is 24.0 Å². The number of guanidine groups is 1. The molecule has 1 aliphatic heterocycles. The van der Waals surface area contributed by atoms with Crippen molar-refractivity contribution in [1.82, 2.24) is 20.5 Å². The minimum atomic E-state index is 0. The number of nitrogens with zero attached hydrogens (tertiary/aromatic N) is 3. The van der Waals surface area contributed by atoms with Crippen molar-refractivity contribution in [2.24, 2.45) is 4.99 Å². The highest BCUT2D eigenvalue weighted by Crippen LogP contribution is 2.16. The zero-order valence-electron chi connectivity index (χ0n) is 15.9. The maximum absolute atomic E-state index is 4.43. The number of nitrogens with one attached hydrogen (secondary N) is 2. The molecule has 0 spiro atoms. The number of aliphatic imine (C=N–C) groups is 1. The molecule has 1 aliphatic rings. The fourth-order valence-corrected chi connectivity index (χ4v) is 3.44. The van der Waals surface area contributed by atoms with Gasteiger partial charge in [-0.2, -0.15) is 0 Å². The Hall–Kier alpha value is -1.41. The molecule has 1 aromatic heterocycles. The van der Waals surface area contributed by atoms with E-state index >= 15 is 0 Å². The molecule has 142 valence electrons. The van der Waals surface area contributed by atoms with E-state index in [4.69, 9.17) is 0 Å². The van der Waals surface area contributed by atoms with Crippen molar-refractivity contribution in [3.63, 3.8) is 0 Å². The maximum atomic E-state index is 4.43. The van der Waals surface area contributed by atoms with Crippen LogP contribution in [0, 0.1) is 0 Å². The van der Waals surface area contributed by atoms with E-state index in [2.05, 4.69) is 63.6 Å². The molecule has 0 saturated carbocycles. The van der Waals surface area contributed by atoms with Crippen LogP contribution >= 0.6 is 24.0 Å². The van der Waals surface area contributed by atoms with Gasteiger partial charge < -0.3 is 15.5 Å². The predicted molar refractivity (Wildman–Crippen MR) is 120 cm³/mol. The van der Waals surface area contributed by atoms with Crippen LogP contribution in [-0.4, -0.2) is 48.1 Å². The molecule has 0 atom stereocenters. The Kier molecular flexibility index (Phi) is 8.09. The average molecular weight is 467 g/mol. The molecule has 0 unspecified atom stereocenters. The highest BCUT2D eigenvalue weighted by Gasteiger charge is 2.21. The lowest BCUT2D eigenvalue weighted by molar-refractivity contribution is 0.167. The number of hydrogen-bond donors (Lipinski definition) is 2. The molecule has 3 rings (SSSR count). The van der Waals surface area contributed by atoms with Crippen molar-refractivity contribution >= 4 is 40.8 Å². The number of aromatic nitrogens is 1. The Balaban J connectivity index is 0.00000243. The van der Waals surface area contributed by atoms with Crippen LogP contribution in [0.5, 0.6) is 0 Å². The summed E-state index contributed by atoms with van der Waals surface area (Å²) in [6.45, 7) is 7.59. The van der Waals surface area contributed by atoms with Crippen LogP contribution in [0.4, 0.5) is 0 Å². The van der Waals surface area contributed by atoms with E-state index in [9.17, 15) is 0 Å². The number of halogens is 1. The molecule has 1 saturated heterocycles. The van der Waals surface area contributed by atoms with Gasteiger partial charge in [0, 0.05) is 50.3 Å². The molecule has 5 nitrogen and oxygen atoms in total. The molecular formula is C20H30IN5. The normalized spacial score (nSPS) is 16.5. The molecule has 0 aliphatic carbocycles. The molecule has 26 heavy (non-hydrogen) atoms. The number of pyridine rings is 1. The van der Waals surface area contributed by atoms with Gasteiger partial charge in [-0.3, -0.25) is 9.98 Å². The Morgan fingerprint density at radius 1 is 1.23 bits per heavy atom. The number of fused-ring (bicyclic) bond motifs is 1. The second-order valence-corrected chi connectivity index (χ2v) is 6.96. The molecule has 0 radical (unpaired) electrons. The summed E-state index contributed by atoms with van der Waals surface area (Å²) in [6, 6.07) is 11.5. The van der Waals surface area contributed by atoms with Crippen LogP contribution in [-0.2, 0) is 6.54 Å². The fourth-order valence-electron chi connectivity index (χ4n) is 3.44. The zero-order valence-corrected chi connectivity index (χ0v) is 18.2. The van der Waals surface area contributed by atoms with Gasteiger partial charge in [0.25, 0.3) is 0 Å². The second-order valence-electron chi connectivity index (χ2n) is 6.96. The maximum Gasteiger partial charge on any atom is 0.191 e. The number of piperidine rings is 1. The Labute approximate surface area is 173 Å². The van der Waals surface area contributed by atoms with Crippen LogP contribution in [0.1, 0.15) is 32.3 Å². The summed E-state index contributed by atoms with van der Waals surface area (Å²) < 4.78 is 0. The molecule has 1 aromatic carbocycles. The minimum absolute atomic E-state index is 0. The summed E-state index contributed by atoms with van der Waals surface area (Å²) in [6.07, 6.45) is 4.20. The van der Waals surface area contributed by atoms with E-state index in [0.29, 0.717) is 12.1 Å². The number of rotatable bonds is 4. The fraction of sp³-hybridized carbons (Fsp3) is 0.500. The van der Waals surface area contributed by atoms with Gasteiger partial charge in [-0.15, -0.1) is 24.0 Å². The van der Waals surface area contributed by atoms with E-state index in [0.717, 1.165) is 44.0 Å². The number of likely N-dealkylation sites (tertiary alicyclic amines) is 1. The van der Waals surface area contributed by atoms with Crippen LogP contribution in [0.3, 0.4) is 0 Å². The van der Waals surface area contributed by atoms with Crippen LogP contribution in [0.15, 0.2) is 41.5 Å². The summed E-state index contributed by atoms with van der Waals surface area (Å²) in [5.74, 6) is 0.879. The van der Waals surface area contributed by atoms with Gasteiger partial charge in [0.05, 0.1) is 5.52 Å². The molecule has 6 heteroatoms. The standard InChI is InChI=1S/C20H29N5.HI/c1-15(2)25-12-9-17(10-13-25)24-20(21-3)23-14-16-8-11-22-19-7-5-4-6-18(16)19;/h4-8,11,15,17H,9-10,12-14H2,1-3H3,(H2,21,23,24);1H. The van der Waals surface area contributed by atoms with Gasteiger partial charge in [-0.1, -0.05) is 18.2 Å². The monoisotopic (exact) mass is 467 g/mol. The van der Waals surface area contributed by atoms with Crippen molar-refractivity contribution < 1.29 is 0 Å². The lowest BCUT2D eigenvalue weighted by atomic mass is 10.0. The third kappa shape index (κ3) is 5.30. The van der Waals surface area contributed by atoms with Gasteiger partial charge in [-0.05, 0) is 44.4 Å².